The Morgan fingerprint density at radius 2 is 2.04 bits per heavy atom. The molecule has 4 N–H and O–H groups in total. The number of aromatic nitrogens is 2. The van der Waals surface area contributed by atoms with Crippen LogP contribution in [0.3, 0.4) is 0 Å². The summed E-state index contributed by atoms with van der Waals surface area (Å²) in [5, 5.41) is 9.58. The fourth-order valence-electron chi connectivity index (χ4n) is 2.93. The molecule has 1 aromatic rings. The van der Waals surface area contributed by atoms with Crippen molar-refractivity contribution in [3.05, 3.63) is 17.5 Å². The molecule has 0 aromatic carbocycles. The SMILES string of the molecule is CN=C(NCc1cn(C)nc1C(F)(F)F)NC1CCN(CC(N)=O)CC1.I. The van der Waals surface area contributed by atoms with E-state index < -0.39 is 11.9 Å². The van der Waals surface area contributed by atoms with Crippen LogP contribution in [0, 0.1) is 0 Å². The second-order valence-electron chi connectivity index (χ2n) is 6.26. The van der Waals surface area contributed by atoms with Crippen molar-refractivity contribution >= 4 is 35.8 Å². The Hall–Kier alpha value is -1.57. The standard InChI is InChI=1S/C15H24F3N7O.HI/c1-20-14(22-11-3-5-25(6-4-11)9-12(19)26)21-7-10-8-24(2)23-13(10)15(16,17)18;/h8,11H,3-7,9H2,1-2H3,(H2,19,26)(H2,20,21,22);1H. The smallest absolute Gasteiger partial charge is 0.369 e. The average molecular weight is 503 g/mol. The van der Waals surface area contributed by atoms with Crippen LogP contribution < -0.4 is 16.4 Å². The molecule has 1 aromatic heterocycles. The fourth-order valence-corrected chi connectivity index (χ4v) is 2.93. The van der Waals surface area contributed by atoms with Crippen molar-refractivity contribution < 1.29 is 18.0 Å². The number of carbonyl (C=O) groups is 1. The highest BCUT2D eigenvalue weighted by atomic mass is 127. The van der Waals surface area contributed by atoms with Crippen LogP contribution in [0.5, 0.6) is 0 Å². The van der Waals surface area contributed by atoms with E-state index in [1.807, 2.05) is 4.90 Å². The van der Waals surface area contributed by atoms with Gasteiger partial charge in [-0.25, -0.2) is 0 Å². The molecule has 0 radical (unpaired) electrons. The molecule has 0 aliphatic carbocycles. The molecule has 0 bridgehead atoms. The van der Waals surface area contributed by atoms with Crippen LogP contribution in [0.15, 0.2) is 11.2 Å². The third kappa shape index (κ3) is 7.16. The topological polar surface area (TPSA) is 101 Å². The van der Waals surface area contributed by atoms with Gasteiger partial charge in [-0.15, -0.1) is 24.0 Å². The van der Waals surface area contributed by atoms with E-state index in [2.05, 4.69) is 20.7 Å². The van der Waals surface area contributed by atoms with Gasteiger partial charge in [-0.3, -0.25) is 19.4 Å². The molecule has 2 rings (SSSR count). The molecule has 0 spiro atoms. The number of rotatable bonds is 5. The van der Waals surface area contributed by atoms with Gasteiger partial charge >= 0.3 is 6.18 Å². The number of halogens is 4. The van der Waals surface area contributed by atoms with Crippen molar-refractivity contribution in [3.63, 3.8) is 0 Å². The zero-order valence-corrected chi connectivity index (χ0v) is 17.5. The predicted molar refractivity (Wildman–Crippen MR) is 106 cm³/mol. The van der Waals surface area contributed by atoms with Crippen molar-refractivity contribution in [1.82, 2.24) is 25.3 Å². The molecule has 2 heterocycles. The van der Waals surface area contributed by atoms with Crippen LogP contribution in [0.25, 0.3) is 0 Å². The summed E-state index contributed by atoms with van der Waals surface area (Å²) in [6, 6.07) is 0.126. The van der Waals surface area contributed by atoms with Gasteiger partial charge in [-0.1, -0.05) is 0 Å². The third-order valence-corrected chi connectivity index (χ3v) is 4.15. The van der Waals surface area contributed by atoms with Gasteiger partial charge in [-0.05, 0) is 12.8 Å². The first kappa shape index (κ1) is 23.5. The number of nitrogens with zero attached hydrogens (tertiary/aromatic N) is 4. The second-order valence-corrected chi connectivity index (χ2v) is 6.26. The van der Waals surface area contributed by atoms with Gasteiger partial charge in [0.05, 0.1) is 6.54 Å². The first-order chi connectivity index (χ1) is 12.2. The molecule has 1 aliphatic heterocycles. The average Bonchev–Trinajstić information content (AvgIpc) is 2.93. The molecule has 0 unspecified atom stereocenters. The van der Waals surface area contributed by atoms with Gasteiger partial charge in [0, 0.05) is 51.5 Å². The molecule has 12 heteroatoms. The summed E-state index contributed by atoms with van der Waals surface area (Å²) in [7, 11) is 3.01. The van der Waals surface area contributed by atoms with Gasteiger partial charge < -0.3 is 16.4 Å². The Bertz CT molecular complexity index is 654. The second kappa shape index (κ2) is 10.1. The molecule has 27 heavy (non-hydrogen) atoms. The van der Waals surface area contributed by atoms with Crippen LogP contribution in [-0.2, 0) is 24.6 Å². The van der Waals surface area contributed by atoms with Gasteiger partial charge in [0.1, 0.15) is 0 Å². The third-order valence-electron chi connectivity index (χ3n) is 4.15. The number of amides is 1. The number of carbonyl (C=O) groups excluding carboxylic acids is 1. The lowest BCUT2D eigenvalue weighted by Crippen LogP contribution is -2.49. The van der Waals surface area contributed by atoms with Crippen LogP contribution in [-0.4, -0.2) is 59.3 Å². The fraction of sp³-hybridized carbons (Fsp3) is 0.667. The Kier molecular flexibility index (Phi) is 8.78. The summed E-state index contributed by atoms with van der Waals surface area (Å²) >= 11 is 0. The number of aryl methyl sites for hydroxylation is 1. The number of primary amides is 1. The maximum atomic E-state index is 13.0. The Morgan fingerprint density at radius 1 is 1.41 bits per heavy atom. The number of nitrogens with two attached hydrogens (primary N) is 1. The van der Waals surface area contributed by atoms with E-state index in [0.717, 1.165) is 30.6 Å². The summed E-state index contributed by atoms with van der Waals surface area (Å²) in [4.78, 5) is 17.0. The number of alkyl halides is 3. The van der Waals surface area contributed by atoms with Crippen LogP contribution >= 0.6 is 24.0 Å². The molecular formula is C15H25F3IN7O. The minimum Gasteiger partial charge on any atom is -0.369 e. The van der Waals surface area contributed by atoms with E-state index in [0.29, 0.717) is 5.96 Å². The van der Waals surface area contributed by atoms with E-state index in [1.54, 1.807) is 7.05 Å². The molecule has 0 atom stereocenters. The summed E-state index contributed by atoms with van der Waals surface area (Å²) < 4.78 is 40.1. The first-order valence-electron chi connectivity index (χ1n) is 8.26. The van der Waals surface area contributed by atoms with Gasteiger partial charge in [0.15, 0.2) is 11.7 Å². The lowest BCUT2D eigenvalue weighted by Gasteiger charge is -2.32. The van der Waals surface area contributed by atoms with E-state index in [-0.39, 0.29) is 54.6 Å². The van der Waals surface area contributed by atoms with Crippen molar-refractivity contribution in [1.29, 1.82) is 0 Å². The zero-order chi connectivity index (χ0) is 19.3. The Labute approximate surface area is 172 Å². The molecule has 1 fully saturated rings. The predicted octanol–water partition coefficient (Wildman–Crippen LogP) is 0.672. The van der Waals surface area contributed by atoms with Crippen LogP contribution in [0.4, 0.5) is 13.2 Å². The minimum absolute atomic E-state index is 0. The highest BCUT2D eigenvalue weighted by molar-refractivity contribution is 14.0. The first-order valence-corrected chi connectivity index (χ1v) is 8.26. The highest BCUT2D eigenvalue weighted by Crippen LogP contribution is 2.30. The molecule has 8 nitrogen and oxygen atoms in total. The number of nitrogens with one attached hydrogen (secondary N) is 2. The number of hydrogen-bond donors (Lipinski definition) is 3. The highest BCUT2D eigenvalue weighted by Gasteiger charge is 2.36. The number of likely N-dealkylation sites (tertiary alicyclic amines) is 1. The van der Waals surface area contributed by atoms with Crippen molar-refractivity contribution in [2.24, 2.45) is 17.8 Å². The van der Waals surface area contributed by atoms with E-state index in [4.69, 9.17) is 5.73 Å². The van der Waals surface area contributed by atoms with E-state index in [1.165, 1.54) is 13.2 Å². The Balaban J connectivity index is 0.00000364. The van der Waals surface area contributed by atoms with Gasteiger partial charge in [-0.2, -0.15) is 18.3 Å². The largest absolute Gasteiger partial charge is 0.435 e. The summed E-state index contributed by atoms with van der Waals surface area (Å²) in [5.41, 5.74) is 4.34. The molecule has 1 aliphatic rings. The van der Waals surface area contributed by atoms with Crippen LogP contribution in [0.2, 0.25) is 0 Å². The van der Waals surface area contributed by atoms with Crippen molar-refractivity contribution in [3.8, 4) is 0 Å². The molecular weight excluding hydrogens is 478 g/mol. The number of piperidine rings is 1. The molecule has 0 saturated carbocycles. The van der Waals surface area contributed by atoms with Crippen molar-refractivity contribution in [2.75, 3.05) is 26.7 Å². The normalized spacial score (nSPS) is 16.7. The number of hydrogen-bond acceptors (Lipinski definition) is 4. The molecule has 1 saturated heterocycles. The Morgan fingerprint density at radius 3 is 2.56 bits per heavy atom. The maximum absolute atomic E-state index is 13.0. The van der Waals surface area contributed by atoms with Gasteiger partial charge in [0.2, 0.25) is 5.91 Å². The van der Waals surface area contributed by atoms with E-state index in [9.17, 15) is 18.0 Å². The van der Waals surface area contributed by atoms with Crippen molar-refractivity contribution in [2.45, 2.75) is 31.6 Å². The number of guanidine groups is 1. The quantitative estimate of drug-likeness (QED) is 0.312. The summed E-state index contributed by atoms with van der Waals surface area (Å²) in [6.07, 6.45) is -1.59. The molecule has 154 valence electrons. The molecule has 1 amide bonds. The minimum atomic E-state index is -4.50. The summed E-state index contributed by atoms with van der Waals surface area (Å²) in [5.74, 6) is 0.0705. The zero-order valence-electron chi connectivity index (χ0n) is 15.2. The maximum Gasteiger partial charge on any atom is 0.435 e. The van der Waals surface area contributed by atoms with E-state index >= 15 is 0 Å². The monoisotopic (exact) mass is 503 g/mol. The van der Waals surface area contributed by atoms with Crippen LogP contribution in [0.1, 0.15) is 24.1 Å². The lowest BCUT2D eigenvalue weighted by molar-refractivity contribution is -0.142. The van der Waals surface area contributed by atoms with Gasteiger partial charge in [0.25, 0.3) is 0 Å². The lowest BCUT2D eigenvalue weighted by atomic mass is 10.1. The summed E-state index contributed by atoms with van der Waals surface area (Å²) in [6.45, 7) is 1.64. The number of aliphatic imine (C=N–C) groups is 1.